The molecule has 186 valence electrons. The summed E-state index contributed by atoms with van der Waals surface area (Å²) in [6.45, 7) is 7.91. The van der Waals surface area contributed by atoms with Crippen LogP contribution in [0.2, 0.25) is 0 Å². The zero-order valence-corrected chi connectivity index (χ0v) is 20.7. The first kappa shape index (κ1) is 24.7. The molecule has 1 saturated carbocycles. The van der Waals surface area contributed by atoms with Crippen molar-refractivity contribution in [1.82, 2.24) is 14.8 Å². The lowest BCUT2D eigenvalue weighted by Crippen LogP contribution is -2.40. The van der Waals surface area contributed by atoms with Crippen molar-refractivity contribution in [3.05, 3.63) is 65.7 Å². The van der Waals surface area contributed by atoms with Gasteiger partial charge in [0.15, 0.2) is 11.6 Å². The van der Waals surface area contributed by atoms with Gasteiger partial charge in [0.05, 0.1) is 23.3 Å². The van der Waals surface area contributed by atoms with Gasteiger partial charge in [0.1, 0.15) is 11.6 Å². The molecule has 0 spiro atoms. The number of benzene rings is 1. The molecule has 7 nitrogen and oxygen atoms in total. The number of aromatic nitrogens is 3. The number of nitrogens with one attached hydrogen (secondary N) is 1. The Balaban J connectivity index is 1.45. The SMILES string of the molecule is Cc1cccc(OC2CCC(Cc3cccc(Nc4ccnn4C(C)(C)C)n3)(C(=O)O)CC2)c1F. The molecule has 0 amide bonds. The first-order chi connectivity index (χ1) is 16.6. The van der Waals surface area contributed by atoms with Crippen LogP contribution in [0.15, 0.2) is 48.7 Å². The third-order valence-corrected chi connectivity index (χ3v) is 6.65. The highest BCUT2D eigenvalue weighted by Crippen LogP contribution is 2.41. The molecule has 0 aliphatic heterocycles. The summed E-state index contributed by atoms with van der Waals surface area (Å²) >= 11 is 0. The number of carbonyl (C=O) groups is 1. The summed E-state index contributed by atoms with van der Waals surface area (Å²) in [5.41, 5.74) is 0.120. The monoisotopic (exact) mass is 480 g/mol. The molecule has 0 saturated heterocycles. The van der Waals surface area contributed by atoms with Crippen LogP contribution in [-0.2, 0) is 16.8 Å². The smallest absolute Gasteiger partial charge is 0.310 e. The van der Waals surface area contributed by atoms with Gasteiger partial charge in [-0.25, -0.2) is 14.1 Å². The van der Waals surface area contributed by atoms with Crippen molar-refractivity contribution >= 4 is 17.6 Å². The van der Waals surface area contributed by atoms with Gasteiger partial charge in [-0.2, -0.15) is 5.10 Å². The molecular weight excluding hydrogens is 447 g/mol. The van der Waals surface area contributed by atoms with Gasteiger partial charge in [-0.1, -0.05) is 18.2 Å². The molecule has 2 aromatic heterocycles. The van der Waals surface area contributed by atoms with E-state index in [1.54, 1.807) is 31.3 Å². The summed E-state index contributed by atoms with van der Waals surface area (Å²) in [7, 11) is 0. The molecule has 1 aliphatic rings. The minimum absolute atomic E-state index is 0.196. The van der Waals surface area contributed by atoms with Crippen molar-refractivity contribution in [1.29, 1.82) is 0 Å². The Kier molecular flexibility index (Phi) is 6.83. The molecule has 3 aromatic rings. The van der Waals surface area contributed by atoms with E-state index in [9.17, 15) is 14.3 Å². The van der Waals surface area contributed by atoms with E-state index in [4.69, 9.17) is 9.72 Å². The highest BCUT2D eigenvalue weighted by molar-refractivity contribution is 5.75. The van der Waals surface area contributed by atoms with Crippen LogP contribution in [0.5, 0.6) is 5.75 Å². The van der Waals surface area contributed by atoms with E-state index in [0.717, 1.165) is 5.82 Å². The van der Waals surface area contributed by atoms with Crippen LogP contribution in [-0.4, -0.2) is 31.9 Å². The number of rotatable bonds is 7. The number of hydrogen-bond donors (Lipinski definition) is 2. The number of aryl methyl sites for hydroxylation is 1. The van der Waals surface area contributed by atoms with E-state index in [1.807, 2.05) is 28.9 Å². The van der Waals surface area contributed by atoms with Gasteiger partial charge in [-0.05, 0) is 77.1 Å². The fraction of sp³-hybridized carbons (Fsp3) is 0.444. The van der Waals surface area contributed by atoms with Gasteiger partial charge in [0.2, 0.25) is 0 Å². The first-order valence-electron chi connectivity index (χ1n) is 12.0. The Bertz CT molecular complexity index is 1190. The van der Waals surface area contributed by atoms with E-state index < -0.39 is 11.4 Å². The van der Waals surface area contributed by atoms with Crippen LogP contribution in [0.4, 0.5) is 16.0 Å². The zero-order valence-electron chi connectivity index (χ0n) is 20.7. The predicted molar refractivity (Wildman–Crippen MR) is 133 cm³/mol. The maximum absolute atomic E-state index is 14.3. The minimum Gasteiger partial charge on any atom is -0.487 e. The van der Waals surface area contributed by atoms with E-state index >= 15 is 0 Å². The predicted octanol–water partition coefficient (Wildman–Crippen LogP) is 5.86. The Hall–Kier alpha value is -3.42. The maximum Gasteiger partial charge on any atom is 0.310 e. The first-order valence-corrected chi connectivity index (χ1v) is 12.0. The van der Waals surface area contributed by atoms with Crippen LogP contribution in [0.25, 0.3) is 0 Å². The number of anilines is 2. The number of aliphatic carboxylic acids is 1. The molecule has 8 heteroatoms. The number of carboxylic acids is 1. The van der Waals surface area contributed by atoms with E-state index in [-0.39, 0.29) is 23.2 Å². The molecule has 0 bridgehead atoms. The summed E-state index contributed by atoms with van der Waals surface area (Å²) in [4.78, 5) is 17.1. The molecule has 1 fully saturated rings. The fourth-order valence-corrected chi connectivity index (χ4v) is 4.68. The molecule has 0 unspecified atom stereocenters. The topological polar surface area (TPSA) is 89.3 Å². The van der Waals surface area contributed by atoms with Crippen LogP contribution in [0, 0.1) is 18.2 Å². The largest absolute Gasteiger partial charge is 0.487 e. The van der Waals surface area contributed by atoms with Gasteiger partial charge >= 0.3 is 5.97 Å². The van der Waals surface area contributed by atoms with E-state index in [0.29, 0.717) is 49.2 Å². The van der Waals surface area contributed by atoms with Crippen LogP contribution in [0.1, 0.15) is 57.7 Å². The lowest BCUT2D eigenvalue weighted by atomic mass is 9.70. The average Bonchev–Trinajstić information content (AvgIpc) is 3.27. The number of carboxylic acid groups (broad SMARTS) is 1. The zero-order chi connectivity index (χ0) is 25.2. The number of nitrogens with zero attached hydrogens (tertiary/aromatic N) is 3. The normalized spacial score (nSPS) is 20.4. The van der Waals surface area contributed by atoms with E-state index in [1.165, 1.54) is 0 Å². The Morgan fingerprint density at radius 2 is 1.91 bits per heavy atom. The van der Waals surface area contributed by atoms with Gasteiger partial charge in [0, 0.05) is 18.2 Å². The molecule has 0 atom stereocenters. The third kappa shape index (κ3) is 5.47. The fourth-order valence-electron chi connectivity index (χ4n) is 4.68. The maximum atomic E-state index is 14.3. The Morgan fingerprint density at radius 1 is 1.20 bits per heavy atom. The standard InChI is InChI=1S/C27H33FN4O3/c1-18-7-5-9-21(24(18)28)35-20-11-14-27(15-12-20,25(33)34)17-19-8-6-10-22(30-19)31-23-13-16-29-32(23)26(2,3)4/h5-10,13,16,20H,11-12,14-15,17H2,1-4H3,(H,30,31)(H,33,34). The molecule has 0 radical (unpaired) electrons. The molecule has 1 aromatic carbocycles. The number of ether oxygens (including phenoxy) is 1. The summed E-state index contributed by atoms with van der Waals surface area (Å²) in [5.74, 6) is 0.498. The summed E-state index contributed by atoms with van der Waals surface area (Å²) in [5, 5.41) is 17.9. The molecule has 4 rings (SSSR count). The number of hydrogen-bond acceptors (Lipinski definition) is 5. The summed E-state index contributed by atoms with van der Waals surface area (Å²) < 4.78 is 22.1. The van der Waals surface area contributed by atoms with Crippen molar-refractivity contribution in [2.45, 2.75) is 71.4 Å². The van der Waals surface area contributed by atoms with Crippen molar-refractivity contribution in [3.63, 3.8) is 0 Å². The molecule has 35 heavy (non-hydrogen) atoms. The Morgan fingerprint density at radius 3 is 2.60 bits per heavy atom. The molecular formula is C27H33FN4O3. The molecule has 2 heterocycles. The second kappa shape index (κ2) is 9.68. The lowest BCUT2D eigenvalue weighted by molar-refractivity contribution is -0.152. The van der Waals surface area contributed by atoms with Crippen LogP contribution < -0.4 is 10.1 Å². The van der Waals surface area contributed by atoms with Crippen LogP contribution >= 0.6 is 0 Å². The van der Waals surface area contributed by atoms with Gasteiger partial charge in [-0.15, -0.1) is 0 Å². The summed E-state index contributed by atoms with van der Waals surface area (Å²) in [6, 6.07) is 12.6. The minimum atomic E-state index is -0.927. The quantitative estimate of drug-likeness (QED) is 0.440. The second-order valence-electron chi connectivity index (χ2n) is 10.4. The van der Waals surface area contributed by atoms with Crippen LogP contribution in [0.3, 0.4) is 0 Å². The highest BCUT2D eigenvalue weighted by atomic mass is 19.1. The average molecular weight is 481 g/mol. The van der Waals surface area contributed by atoms with Crippen molar-refractivity contribution < 1.29 is 19.0 Å². The highest BCUT2D eigenvalue weighted by Gasteiger charge is 2.43. The third-order valence-electron chi connectivity index (χ3n) is 6.65. The van der Waals surface area contributed by atoms with Gasteiger partial charge < -0.3 is 15.2 Å². The number of pyridine rings is 1. The van der Waals surface area contributed by atoms with Crippen molar-refractivity contribution in [2.24, 2.45) is 5.41 Å². The number of halogens is 1. The Labute approximate surface area is 205 Å². The molecule has 1 aliphatic carbocycles. The summed E-state index contributed by atoms with van der Waals surface area (Å²) in [6.07, 6.45) is 3.82. The second-order valence-corrected chi connectivity index (χ2v) is 10.4. The van der Waals surface area contributed by atoms with Gasteiger partial charge in [0.25, 0.3) is 0 Å². The van der Waals surface area contributed by atoms with Crippen molar-refractivity contribution in [3.8, 4) is 5.75 Å². The lowest BCUT2D eigenvalue weighted by Gasteiger charge is -2.36. The van der Waals surface area contributed by atoms with Crippen molar-refractivity contribution in [2.75, 3.05) is 5.32 Å². The molecule has 2 N–H and O–H groups in total. The van der Waals surface area contributed by atoms with Gasteiger partial charge in [-0.3, -0.25) is 4.79 Å². The van der Waals surface area contributed by atoms with E-state index in [2.05, 4.69) is 31.2 Å².